The molecule has 128 valence electrons. The first-order valence-corrected chi connectivity index (χ1v) is 8.24. The zero-order valence-electron chi connectivity index (χ0n) is 13.8. The van der Waals surface area contributed by atoms with Crippen molar-refractivity contribution >= 4 is 17.6 Å². The van der Waals surface area contributed by atoms with Crippen molar-refractivity contribution in [1.29, 1.82) is 0 Å². The summed E-state index contributed by atoms with van der Waals surface area (Å²) in [4.78, 5) is 10.6. The molecule has 3 rings (SSSR count). The van der Waals surface area contributed by atoms with Crippen molar-refractivity contribution in [3.8, 4) is 5.75 Å². The molecule has 4 heteroatoms. The van der Waals surface area contributed by atoms with Crippen LogP contribution in [0.15, 0.2) is 60.2 Å². The molecule has 0 atom stereocenters. The number of rotatable bonds is 4. The smallest absolute Gasteiger partial charge is 0.328 e. The average molecular weight is 336 g/mol. The van der Waals surface area contributed by atoms with Crippen LogP contribution in [0.1, 0.15) is 29.5 Å². The Morgan fingerprint density at radius 2 is 1.48 bits per heavy atom. The molecule has 1 fully saturated rings. The Morgan fingerprint density at radius 3 is 2.04 bits per heavy atom. The van der Waals surface area contributed by atoms with Crippen LogP contribution in [0.5, 0.6) is 5.75 Å². The van der Waals surface area contributed by atoms with E-state index < -0.39 is 5.97 Å². The summed E-state index contributed by atoms with van der Waals surface area (Å²) in [7, 11) is 0. The van der Waals surface area contributed by atoms with Gasteiger partial charge in [-0.15, -0.1) is 0 Å². The average Bonchev–Trinajstić information content (AvgIpc) is 2.64. The van der Waals surface area contributed by atoms with Crippen LogP contribution in [-0.4, -0.2) is 29.4 Å². The number of ether oxygens (including phenoxy) is 1. The van der Waals surface area contributed by atoms with Gasteiger partial charge in [0.15, 0.2) is 0 Å². The molecule has 1 heterocycles. The van der Waals surface area contributed by atoms with Crippen LogP contribution in [0, 0.1) is 0 Å². The van der Waals surface area contributed by atoms with Gasteiger partial charge in [-0.1, -0.05) is 42.0 Å². The second kappa shape index (κ2) is 7.81. The minimum atomic E-state index is -0.960. The van der Waals surface area contributed by atoms with Crippen LogP contribution < -0.4 is 0 Å². The summed E-state index contributed by atoms with van der Waals surface area (Å²) < 4.78 is 5.48. The van der Waals surface area contributed by atoms with Gasteiger partial charge in [-0.05, 0) is 53.3 Å². The molecule has 2 aromatic rings. The van der Waals surface area contributed by atoms with E-state index in [9.17, 15) is 9.90 Å². The maximum atomic E-state index is 10.6. The van der Waals surface area contributed by atoms with Crippen LogP contribution in [0.2, 0.25) is 0 Å². The summed E-state index contributed by atoms with van der Waals surface area (Å²) in [5.41, 5.74) is 5.48. The highest BCUT2D eigenvalue weighted by Crippen LogP contribution is 2.32. The molecule has 1 saturated heterocycles. The zero-order valence-corrected chi connectivity index (χ0v) is 13.8. The predicted molar refractivity (Wildman–Crippen MR) is 97.3 cm³/mol. The van der Waals surface area contributed by atoms with Crippen molar-refractivity contribution in [1.82, 2.24) is 0 Å². The lowest BCUT2D eigenvalue weighted by atomic mass is 9.89. The third kappa shape index (κ3) is 4.37. The largest absolute Gasteiger partial charge is 0.508 e. The summed E-state index contributed by atoms with van der Waals surface area (Å²) >= 11 is 0. The predicted octanol–water partition coefficient (Wildman–Crippen LogP) is 4.10. The quantitative estimate of drug-likeness (QED) is 0.825. The number of carboxylic acids is 1. The molecule has 2 aromatic carbocycles. The summed E-state index contributed by atoms with van der Waals surface area (Å²) in [6.07, 6.45) is 4.48. The molecule has 25 heavy (non-hydrogen) atoms. The van der Waals surface area contributed by atoms with Crippen LogP contribution in [-0.2, 0) is 9.53 Å². The SMILES string of the molecule is O=C(O)/C=C/c1ccc(C(=C2CCOCC2)c2ccc(O)cc2)cc1. The fraction of sp³-hybridized carbons (Fsp3) is 0.190. The van der Waals surface area contributed by atoms with Gasteiger partial charge in [-0.25, -0.2) is 4.79 Å². The first-order chi connectivity index (χ1) is 12.1. The molecule has 1 aliphatic heterocycles. The zero-order chi connectivity index (χ0) is 17.6. The Bertz CT molecular complexity index is 791. The number of phenols is 1. The monoisotopic (exact) mass is 336 g/mol. The van der Waals surface area contributed by atoms with E-state index in [1.165, 1.54) is 5.57 Å². The molecule has 0 aromatic heterocycles. The minimum absolute atomic E-state index is 0.245. The number of aromatic hydroxyl groups is 1. The number of benzene rings is 2. The van der Waals surface area contributed by atoms with Crippen LogP contribution in [0.4, 0.5) is 0 Å². The van der Waals surface area contributed by atoms with E-state index in [0.29, 0.717) is 0 Å². The second-order valence-electron chi connectivity index (χ2n) is 5.93. The molecule has 4 nitrogen and oxygen atoms in total. The van der Waals surface area contributed by atoms with Crippen molar-refractivity contribution in [3.05, 3.63) is 76.9 Å². The Hall–Kier alpha value is -2.85. The van der Waals surface area contributed by atoms with Gasteiger partial charge < -0.3 is 14.9 Å². The van der Waals surface area contributed by atoms with Crippen LogP contribution >= 0.6 is 0 Å². The van der Waals surface area contributed by atoms with E-state index in [1.807, 2.05) is 36.4 Å². The van der Waals surface area contributed by atoms with Crippen molar-refractivity contribution in [2.75, 3.05) is 13.2 Å². The van der Waals surface area contributed by atoms with E-state index in [4.69, 9.17) is 9.84 Å². The summed E-state index contributed by atoms with van der Waals surface area (Å²) in [5, 5.41) is 18.3. The maximum absolute atomic E-state index is 10.6. The van der Waals surface area contributed by atoms with E-state index >= 15 is 0 Å². The van der Waals surface area contributed by atoms with Gasteiger partial charge >= 0.3 is 5.97 Å². The first kappa shape index (κ1) is 17.0. The topological polar surface area (TPSA) is 66.8 Å². The highest BCUT2D eigenvalue weighted by molar-refractivity contribution is 5.86. The normalized spacial score (nSPS) is 14.6. The van der Waals surface area contributed by atoms with Crippen molar-refractivity contribution < 1.29 is 19.7 Å². The lowest BCUT2D eigenvalue weighted by Gasteiger charge is -2.21. The van der Waals surface area contributed by atoms with Gasteiger partial charge in [0.05, 0.1) is 13.2 Å². The van der Waals surface area contributed by atoms with E-state index in [0.717, 1.165) is 54.4 Å². The van der Waals surface area contributed by atoms with E-state index in [1.54, 1.807) is 18.2 Å². The van der Waals surface area contributed by atoms with Gasteiger partial charge in [0.1, 0.15) is 5.75 Å². The number of carboxylic acid groups (broad SMARTS) is 1. The second-order valence-corrected chi connectivity index (χ2v) is 5.93. The van der Waals surface area contributed by atoms with Crippen molar-refractivity contribution in [3.63, 3.8) is 0 Å². The van der Waals surface area contributed by atoms with Gasteiger partial charge in [-0.2, -0.15) is 0 Å². The fourth-order valence-corrected chi connectivity index (χ4v) is 3.00. The molecule has 0 bridgehead atoms. The Balaban J connectivity index is 2.00. The highest BCUT2D eigenvalue weighted by Gasteiger charge is 2.15. The Labute approximate surface area is 146 Å². The lowest BCUT2D eigenvalue weighted by Crippen LogP contribution is -2.09. The van der Waals surface area contributed by atoms with Gasteiger partial charge in [-0.3, -0.25) is 0 Å². The standard InChI is InChI=1S/C21H20O4/c22-19-8-6-17(7-9-19)21(18-11-13-25-14-12-18)16-4-1-15(2-5-16)3-10-20(23)24/h1-10,22H,11-14H2,(H,23,24)/b10-3+. The fourth-order valence-electron chi connectivity index (χ4n) is 3.00. The number of hydrogen-bond acceptors (Lipinski definition) is 3. The number of carbonyl (C=O) groups is 1. The maximum Gasteiger partial charge on any atom is 0.328 e. The molecule has 0 saturated carbocycles. The minimum Gasteiger partial charge on any atom is -0.508 e. The van der Waals surface area contributed by atoms with E-state index in [-0.39, 0.29) is 5.75 Å². The Kier molecular flexibility index (Phi) is 5.31. The van der Waals surface area contributed by atoms with E-state index in [2.05, 4.69) is 0 Å². The first-order valence-electron chi connectivity index (χ1n) is 8.24. The van der Waals surface area contributed by atoms with Gasteiger partial charge in [0.2, 0.25) is 0 Å². The number of aliphatic carboxylic acids is 1. The highest BCUT2D eigenvalue weighted by atomic mass is 16.5. The summed E-state index contributed by atoms with van der Waals surface area (Å²) in [5.74, 6) is -0.715. The molecular formula is C21H20O4. The van der Waals surface area contributed by atoms with Gasteiger partial charge in [0, 0.05) is 6.08 Å². The van der Waals surface area contributed by atoms with Crippen LogP contribution in [0.25, 0.3) is 11.6 Å². The third-order valence-electron chi connectivity index (χ3n) is 4.22. The molecule has 0 radical (unpaired) electrons. The lowest BCUT2D eigenvalue weighted by molar-refractivity contribution is -0.131. The molecule has 0 aliphatic carbocycles. The number of phenolic OH excluding ortho intramolecular Hbond substituents is 1. The van der Waals surface area contributed by atoms with Crippen LogP contribution in [0.3, 0.4) is 0 Å². The van der Waals surface area contributed by atoms with Crippen molar-refractivity contribution in [2.45, 2.75) is 12.8 Å². The molecule has 0 spiro atoms. The molecule has 1 aliphatic rings. The molecule has 2 N–H and O–H groups in total. The molecule has 0 unspecified atom stereocenters. The Morgan fingerprint density at radius 1 is 0.920 bits per heavy atom. The number of hydrogen-bond donors (Lipinski definition) is 2. The van der Waals surface area contributed by atoms with Gasteiger partial charge in [0.25, 0.3) is 0 Å². The van der Waals surface area contributed by atoms with Crippen molar-refractivity contribution in [2.24, 2.45) is 0 Å². The third-order valence-corrected chi connectivity index (χ3v) is 4.22. The summed E-state index contributed by atoms with van der Waals surface area (Å²) in [6, 6.07) is 15.1. The molecule has 0 amide bonds. The summed E-state index contributed by atoms with van der Waals surface area (Å²) in [6.45, 7) is 1.44. The molecular weight excluding hydrogens is 316 g/mol.